The highest BCUT2D eigenvalue weighted by molar-refractivity contribution is 5.80. The Bertz CT molecular complexity index is 324. The first-order valence-electron chi connectivity index (χ1n) is 7.63. The summed E-state index contributed by atoms with van der Waals surface area (Å²) in [7, 11) is 2.07. The van der Waals surface area contributed by atoms with Crippen LogP contribution in [0.25, 0.3) is 0 Å². The molecule has 2 N–H and O–H groups in total. The minimum Gasteiger partial charge on any atom is -0.480 e. The molecule has 2 rings (SSSR count). The maximum Gasteiger partial charge on any atom is 0.325 e. The van der Waals surface area contributed by atoms with Crippen LogP contribution in [0.3, 0.4) is 0 Å². The standard InChI is InChI=1S/C15H28N2O2/c1-11(2)16-15(14(18)19,13-7-8-13)10-17(3)9-12-5-4-6-12/h11-13,16H,4-10H2,1-3H3,(H,18,19). The number of likely N-dealkylation sites (N-methyl/N-ethyl adjacent to an activating group) is 1. The van der Waals surface area contributed by atoms with E-state index in [4.69, 9.17) is 0 Å². The number of rotatable bonds is 8. The third kappa shape index (κ3) is 3.48. The van der Waals surface area contributed by atoms with Crippen molar-refractivity contribution in [3.05, 3.63) is 0 Å². The van der Waals surface area contributed by atoms with Crippen molar-refractivity contribution in [1.82, 2.24) is 10.2 Å². The highest BCUT2D eigenvalue weighted by Gasteiger charge is 2.52. The van der Waals surface area contributed by atoms with E-state index in [-0.39, 0.29) is 6.04 Å². The molecule has 0 spiro atoms. The lowest BCUT2D eigenvalue weighted by Crippen LogP contribution is -2.62. The number of carboxylic acid groups (broad SMARTS) is 1. The van der Waals surface area contributed by atoms with Crippen molar-refractivity contribution in [2.45, 2.75) is 57.5 Å². The topological polar surface area (TPSA) is 52.6 Å². The molecule has 2 saturated carbocycles. The molecule has 0 aliphatic heterocycles. The van der Waals surface area contributed by atoms with Crippen molar-refractivity contribution in [2.75, 3.05) is 20.1 Å². The molecule has 110 valence electrons. The molecule has 0 aromatic heterocycles. The van der Waals surface area contributed by atoms with Crippen LogP contribution in [0, 0.1) is 11.8 Å². The first-order valence-corrected chi connectivity index (χ1v) is 7.63. The number of nitrogens with zero attached hydrogens (tertiary/aromatic N) is 1. The van der Waals surface area contributed by atoms with E-state index in [1.54, 1.807) is 0 Å². The first-order chi connectivity index (χ1) is 8.94. The Morgan fingerprint density at radius 3 is 2.37 bits per heavy atom. The molecule has 0 aromatic carbocycles. The zero-order valence-electron chi connectivity index (χ0n) is 12.5. The van der Waals surface area contributed by atoms with Crippen LogP contribution in [0.15, 0.2) is 0 Å². The molecule has 0 heterocycles. The summed E-state index contributed by atoms with van der Waals surface area (Å²) in [5.41, 5.74) is -0.743. The second-order valence-electron chi connectivity index (χ2n) is 6.84. The van der Waals surface area contributed by atoms with Gasteiger partial charge in [-0.3, -0.25) is 10.1 Å². The molecule has 2 aliphatic carbocycles. The molecular weight excluding hydrogens is 240 g/mol. The molecule has 2 aliphatic rings. The van der Waals surface area contributed by atoms with E-state index >= 15 is 0 Å². The van der Waals surface area contributed by atoms with Gasteiger partial charge in [-0.25, -0.2) is 0 Å². The highest BCUT2D eigenvalue weighted by atomic mass is 16.4. The number of aliphatic carboxylic acids is 1. The van der Waals surface area contributed by atoms with E-state index in [1.807, 2.05) is 13.8 Å². The zero-order chi connectivity index (χ0) is 14.0. The van der Waals surface area contributed by atoms with Gasteiger partial charge in [0.1, 0.15) is 5.54 Å². The molecule has 0 saturated heterocycles. The van der Waals surface area contributed by atoms with Gasteiger partial charge in [0.05, 0.1) is 0 Å². The summed E-state index contributed by atoms with van der Waals surface area (Å²) < 4.78 is 0. The lowest BCUT2D eigenvalue weighted by Gasteiger charge is -2.38. The maximum atomic E-state index is 11.9. The van der Waals surface area contributed by atoms with E-state index in [0.717, 1.165) is 25.3 Å². The number of hydrogen-bond acceptors (Lipinski definition) is 3. The summed E-state index contributed by atoms with van der Waals surface area (Å²) in [6, 6.07) is 0.203. The van der Waals surface area contributed by atoms with E-state index in [2.05, 4.69) is 17.3 Å². The average Bonchev–Trinajstić information content (AvgIpc) is 3.05. The van der Waals surface area contributed by atoms with Crippen LogP contribution in [0.5, 0.6) is 0 Å². The number of carbonyl (C=O) groups is 1. The molecule has 0 bridgehead atoms. The fourth-order valence-electron chi connectivity index (χ4n) is 3.29. The Morgan fingerprint density at radius 2 is 2.00 bits per heavy atom. The molecule has 2 fully saturated rings. The van der Waals surface area contributed by atoms with Gasteiger partial charge in [0.2, 0.25) is 0 Å². The van der Waals surface area contributed by atoms with Gasteiger partial charge in [0, 0.05) is 19.1 Å². The predicted octanol–water partition coefficient (Wildman–Crippen LogP) is 1.95. The van der Waals surface area contributed by atoms with Crippen LogP contribution in [-0.2, 0) is 4.79 Å². The van der Waals surface area contributed by atoms with Crippen LogP contribution < -0.4 is 5.32 Å². The van der Waals surface area contributed by atoms with E-state index in [0.29, 0.717) is 12.5 Å². The molecule has 1 unspecified atom stereocenters. The Morgan fingerprint density at radius 1 is 1.37 bits per heavy atom. The van der Waals surface area contributed by atoms with Crippen molar-refractivity contribution in [3.8, 4) is 0 Å². The molecule has 1 atom stereocenters. The fourth-order valence-corrected chi connectivity index (χ4v) is 3.29. The number of carboxylic acids is 1. The van der Waals surface area contributed by atoms with Gasteiger partial charge in [0.15, 0.2) is 0 Å². The van der Waals surface area contributed by atoms with Crippen LogP contribution >= 0.6 is 0 Å². The largest absolute Gasteiger partial charge is 0.480 e. The number of nitrogens with one attached hydrogen (secondary N) is 1. The molecule has 0 aromatic rings. The second-order valence-corrected chi connectivity index (χ2v) is 6.84. The Labute approximate surface area is 116 Å². The van der Waals surface area contributed by atoms with Gasteiger partial charge in [0.25, 0.3) is 0 Å². The minimum atomic E-state index is -0.743. The van der Waals surface area contributed by atoms with Crippen LogP contribution in [0.1, 0.15) is 46.0 Å². The monoisotopic (exact) mass is 268 g/mol. The lowest BCUT2D eigenvalue weighted by atomic mass is 9.84. The molecule has 4 heteroatoms. The summed E-state index contributed by atoms with van der Waals surface area (Å²) in [5, 5.41) is 13.1. The summed E-state index contributed by atoms with van der Waals surface area (Å²) >= 11 is 0. The molecule has 19 heavy (non-hydrogen) atoms. The van der Waals surface area contributed by atoms with Crippen LogP contribution in [0.2, 0.25) is 0 Å². The van der Waals surface area contributed by atoms with Crippen LogP contribution in [-0.4, -0.2) is 47.7 Å². The molecule has 0 amide bonds. The normalized spacial score (nSPS) is 23.4. The minimum absolute atomic E-state index is 0.203. The molecular formula is C15H28N2O2. The first kappa shape index (κ1) is 14.8. The van der Waals surface area contributed by atoms with Crippen molar-refractivity contribution in [2.24, 2.45) is 11.8 Å². The van der Waals surface area contributed by atoms with Crippen molar-refractivity contribution in [1.29, 1.82) is 0 Å². The quantitative estimate of drug-likeness (QED) is 0.706. The zero-order valence-corrected chi connectivity index (χ0v) is 12.5. The average molecular weight is 268 g/mol. The van der Waals surface area contributed by atoms with Gasteiger partial charge < -0.3 is 10.0 Å². The van der Waals surface area contributed by atoms with E-state index < -0.39 is 11.5 Å². The summed E-state index contributed by atoms with van der Waals surface area (Å²) in [6.07, 6.45) is 6.05. The van der Waals surface area contributed by atoms with Crippen molar-refractivity contribution in [3.63, 3.8) is 0 Å². The molecule has 0 radical (unpaired) electrons. The SMILES string of the molecule is CC(C)NC(CN(C)CC1CCC1)(C(=O)O)C1CC1. The van der Waals surface area contributed by atoms with Crippen molar-refractivity contribution >= 4 is 5.97 Å². The summed E-state index contributed by atoms with van der Waals surface area (Å²) in [5.74, 6) is 0.412. The fraction of sp³-hybridized carbons (Fsp3) is 0.933. The van der Waals surface area contributed by atoms with Crippen LogP contribution in [0.4, 0.5) is 0 Å². The van der Waals surface area contributed by atoms with Gasteiger partial charge in [-0.2, -0.15) is 0 Å². The Balaban J connectivity index is 2.00. The maximum absolute atomic E-state index is 11.9. The second kappa shape index (κ2) is 5.80. The van der Waals surface area contributed by atoms with E-state index in [9.17, 15) is 9.90 Å². The summed E-state index contributed by atoms with van der Waals surface area (Å²) in [4.78, 5) is 14.1. The Hall–Kier alpha value is -0.610. The number of hydrogen-bond donors (Lipinski definition) is 2. The van der Waals surface area contributed by atoms with E-state index in [1.165, 1.54) is 19.3 Å². The Kier molecular flexibility index (Phi) is 4.51. The van der Waals surface area contributed by atoms with Crippen molar-refractivity contribution < 1.29 is 9.90 Å². The predicted molar refractivity (Wildman–Crippen MR) is 76.2 cm³/mol. The molecule has 4 nitrogen and oxygen atoms in total. The van der Waals surface area contributed by atoms with Gasteiger partial charge in [-0.05, 0) is 58.4 Å². The highest BCUT2D eigenvalue weighted by Crippen LogP contribution is 2.41. The summed E-state index contributed by atoms with van der Waals surface area (Å²) in [6.45, 7) is 5.74. The van der Waals surface area contributed by atoms with Gasteiger partial charge in [-0.15, -0.1) is 0 Å². The lowest BCUT2D eigenvalue weighted by molar-refractivity contribution is -0.147. The van der Waals surface area contributed by atoms with Gasteiger partial charge in [-0.1, -0.05) is 6.42 Å². The third-order valence-corrected chi connectivity index (χ3v) is 4.52. The van der Waals surface area contributed by atoms with Gasteiger partial charge >= 0.3 is 5.97 Å². The smallest absolute Gasteiger partial charge is 0.325 e. The third-order valence-electron chi connectivity index (χ3n) is 4.52.